The second-order valence-electron chi connectivity index (χ2n) is 3.25. The Morgan fingerprint density at radius 3 is 2.28 bits per heavy atom. The molecule has 96 valence electrons. The molecule has 1 aromatic rings. The largest absolute Gasteiger partial charge is 0.296 e. The van der Waals surface area contributed by atoms with E-state index >= 15 is 0 Å². The first-order valence-electron chi connectivity index (χ1n) is 6.09. The molecule has 18 heavy (non-hydrogen) atoms. The zero-order valence-electron chi connectivity index (χ0n) is 11.8. The highest BCUT2D eigenvalue weighted by Crippen LogP contribution is 2.27. The Morgan fingerprint density at radius 2 is 1.83 bits per heavy atom. The van der Waals surface area contributed by atoms with Gasteiger partial charge < -0.3 is 0 Å². The number of rotatable bonds is 4. The van der Waals surface area contributed by atoms with Crippen LogP contribution < -0.4 is 0 Å². The van der Waals surface area contributed by atoms with Crippen LogP contribution in [0.15, 0.2) is 34.8 Å². The van der Waals surface area contributed by atoms with E-state index < -0.39 is 0 Å². The summed E-state index contributed by atoms with van der Waals surface area (Å²) in [5, 5.41) is 0. The highest BCUT2D eigenvalue weighted by atomic mass is 14.7. The highest BCUT2D eigenvalue weighted by molar-refractivity contribution is 5.90. The Kier molecular flexibility index (Phi) is 8.12. The van der Waals surface area contributed by atoms with Gasteiger partial charge >= 0.3 is 0 Å². The van der Waals surface area contributed by atoms with Gasteiger partial charge in [0.25, 0.3) is 0 Å². The number of aliphatic imine (C=N–C) groups is 2. The summed E-state index contributed by atoms with van der Waals surface area (Å²) in [6.07, 6.45) is 7.65. The summed E-state index contributed by atoms with van der Waals surface area (Å²) in [6.45, 7) is 13.4. The van der Waals surface area contributed by atoms with Gasteiger partial charge in [-0.15, -0.1) is 0 Å². The predicted molar refractivity (Wildman–Crippen MR) is 85.3 cm³/mol. The van der Waals surface area contributed by atoms with Gasteiger partial charge in [0, 0.05) is 24.4 Å². The second-order valence-corrected chi connectivity index (χ2v) is 3.25. The maximum Gasteiger partial charge on any atom is 0.0700 e. The van der Waals surface area contributed by atoms with Crippen LogP contribution in [-0.4, -0.2) is 20.0 Å². The fraction of sp³-hybridized carbons (Fsp3) is 0.250. The van der Waals surface area contributed by atoms with Gasteiger partial charge in [0.05, 0.1) is 5.69 Å². The quantitative estimate of drug-likeness (QED) is 0.679. The SMILES string of the molecule is C=Cc1c(N=C)ccc(C=NC)c1/C=C\C.CC. The molecule has 2 nitrogen and oxygen atoms in total. The average Bonchev–Trinajstić information content (AvgIpc) is 2.43. The summed E-state index contributed by atoms with van der Waals surface area (Å²) in [5.41, 5.74) is 3.97. The summed E-state index contributed by atoms with van der Waals surface area (Å²) in [4.78, 5) is 8.03. The van der Waals surface area contributed by atoms with Crippen molar-refractivity contribution in [1.82, 2.24) is 0 Å². The molecule has 0 aliphatic rings. The molecule has 1 aromatic carbocycles. The Labute approximate surface area is 110 Å². The minimum atomic E-state index is 0.844. The topological polar surface area (TPSA) is 24.7 Å². The zero-order chi connectivity index (χ0) is 14.0. The summed E-state index contributed by atoms with van der Waals surface area (Å²) in [6, 6.07) is 3.91. The third-order valence-corrected chi connectivity index (χ3v) is 2.27. The third kappa shape index (κ3) is 3.81. The molecule has 0 unspecified atom stereocenters. The minimum Gasteiger partial charge on any atom is -0.296 e. The van der Waals surface area contributed by atoms with Crippen LogP contribution in [0, 0.1) is 0 Å². The molecule has 0 spiro atoms. The van der Waals surface area contributed by atoms with Crippen LogP contribution in [0.5, 0.6) is 0 Å². The van der Waals surface area contributed by atoms with Crippen molar-refractivity contribution in [2.75, 3.05) is 7.05 Å². The molecule has 0 aliphatic carbocycles. The van der Waals surface area contributed by atoms with Crippen molar-refractivity contribution in [2.24, 2.45) is 9.98 Å². The van der Waals surface area contributed by atoms with Gasteiger partial charge in [-0.25, -0.2) is 0 Å². The number of hydrogen-bond donors (Lipinski definition) is 0. The molecule has 0 bridgehead atoms. The minimum absolute atomic E-state index is 0.844. The predicted octanol–water partition coefficient (Wildman–Crippen LogP) is 4.77. The lowest BCUT2D eigenvalue weighted by molar-refractivity contribution is 1.44. The Bertz CT molecular complexity index is 454. The van der Waals surface area contributed by atoms with Crippen molar-refractivity contribution >= 4 is 30.8 Å². The van der Waals surface area contributed by atoms with Crippen LogP contribution in [-0.2, 0) is 0 Å². The maximum absolute atomic E-state index is 4.04. The van der Waals surface area contributed by atoms with Gasteiger partial charge in [0.1, 0.15) is 0 Å². The molecule has 0 saturated carbocycles. The van der Waals surface area contributed by atoms with Crippen molar-refractivity contribution in [3.05, 3.63) is 41.5 Å². The molecule has 0 fully saturated rings. The molecular formula is C16H22N2. The average molecular weight is 242 g/mol. The number of benzene rings is 1. The zero-order valence-corrected chi connectivity index (χ0v) is 11.8. The van der Waals surface area contributed by atoms with Crippen LogP contribution in [0.4, 0.5) is 5.69 Å². The maximum atomic E-state index is 4.04. The van der Waals surface area contributed by atoms with Gasteiger partial charge in [-0.3, -0.25) is 9.98 Å². The Morgan fingerprint density at radius 1 is 1.17 bits per heavy atom. The number of allylic oxidation sites excluding steroid dienone is 1. The molecule has 0 heterocycles. The normalized spacial score (nSPS) is 10.2. The first kappa shape index (κ1) is 16.0. The van der Waals surface area contributed by atoms with E-state index in [0.29, 0.717) is 0 Å². The van der Waals surface area contributed by atoms with E-state index in [0.717, 1.165) is 22.4 Å². The van der Waals surface area contributed by atoms with E-state index in [1.165, 1.54) is 0 Å². The van der Waals surface area contributed by atoms with Crippen LogP contribution in [0.3, 0.4) is 0 Å². The van der Waals surface area contributed by atoms with Crippen molar-refractivity contribution in [3.8, 4) is 0 Å². The monoisotopic (exact) mass is 242 g/mol. The van der Waals surface area contributed by atoms with Crippen LogP contribution in [0.1, 0.15) is 37.5 Å². The van der Waals surface area contributed by atoms with Gasteiger partial charge in [-0.1, -0.05) is 44.7 Å². The van der Waals surface area contributed by atoms with Gasteiger partial charge in [0.15, 0.2) is 0 Å². The molecule has 0 N–H and O–H groups in total. The molecule has 0 aromatic heterocycles. The first-order valence-corrected chi connectivity index (χ1v) is 6.09. The van der Waals surface area contributed by atoms with Gasteiger partial charge in [-0.05, 0) is 25.3 Å². The van der Waals surface area contributed by atoms with Crippen LogP contribution >= 0.6 is 0 Å². The second kappa shape index (κ2) is 9.11. The lowest BCUT2D eigenvalue weighted by Crippen LogP contribution is -1.91. The summed E-state index contributed by atoms with van der Waals surface area (Å²) < 4.78 is 0. The van der Waals surface area contributed by atoms with E-state index in [1.807, 2.05) is 51.3 Å². The first-order chi connectivity index (χ1) is 8.78. The van der Waals surface area contributed by atoms with Crippen LogP contribution in [0.2, 0.25) is 0 Å². The van der Waals surface area contributed by atoms with Crippen molar-refractivity contribution < 1.29 is 0 Å². The summed E-state index contributed by atoms with van der Waals surface area (Å²) in [7, 11) is 1.76. The molecule has 2 heteroatoms. The molecule has 0 amide bonds. The lowest BCUT2D eigenvalue weighted by Gasteiger charge is -2.08. The molecule has 0 saturated heterocycles. The van der Waals surface area contributed by atoms with E-state index in [9.17, 15) is 0 Å². The molecule has 1 rings (SSSR count). The molecule has 0 aliphatic heterocycles. The smallest absolute Gasteiger partial charge is 0.0700 e. The van der Waals surface area contributed by atoms with Gasteiger partial charge in [-0.2, -0.15) is 0 Å². The fourth-order valence-electron chi connectivity index (χ4n) is 1.60. The lowest BCUT2D eigenvalue weighted by atomic mass is 9.99. The standard InChI is InChI=1S/C14H16N2.C2H6/c1-5-7-13-11(10-15-3)8-9-14(16-4)12(13)6-2;1-2/h5-10H,2,4H2,1,3H3;1-2H3/b7-5-,15-10?;. The Hall–Kier alpha value is -1.96. The molecule has 0 radical (unpaired) electrons. The Balaban J connectivity index is 0.00000137. The molecule has 0 atom stereocenters. The van der Waals surface area contributed by atoms with E-state index in [2.05, 4.69) is 23.3 Å². The van der Waals surface area contributed by atoms with Crippen molar-refractivity contribution in [1.29, 1.82) is 0 Å². The molecular weight excluding hydrogens is 220 g/mol. The van der Waals surface area contributed by atoms with Crippen LogP contribution in [0.25, 0.3) is 12.2 Å². The number of hydrogen-bond acceptors (Lipinski definition) is 2. The highest BCUT2D eigenvalue weighted by Gasteiger charge is 2.06. The van der Waals surface area contributed by atoms with Gasteiger partial charge in [0.2, 0.25) is 0 Å². The summed E-state index contributed by atoms with van der Waals surface area (Å²) >= 11 is 0. The fourth-order valence-corrected chi connectivity index (χ4v) is 1.60. The van der Waals surface area contributed by atoms with E-state index in [4.69, 9.17) is 0 Å². The van der Waals surface area contributed by atoms with E-state index in [1.54, 1.807) is 13.1 Å². The summed E-state index contributed by atoms with van der Waals surface area (Å²) in [5.74, 6) is 0. The third-order valence-electron chi connectivity index (χ3n) is 2.27. The van der Waals surface area contributed by atoms with E-state index in [-0.39, 0.29) is 0 Å². The van der Waals surface area contributed by atoms with Crippen molar-refractivity contribution in [3.63, 3.8) is 0 Å². The van der Waals surface area contributed by atoms with Crippen molar-refractivity contribution in [2.45, 2.75) is 20.8 Å². The number of nitrogens with zero attached hydrogens (tertiary/aromatic N) is 2.